The highest BCUT2D eigenvalue weighted by molar-refractivity contribution is 7.71. The molecule has 3 rings (SSSR count). The van der Waals surface area contributed by atoms with Crippen molar-refractivity contribution in [3.05, 3.63) is 39.1 Å². The lowest BCUT2D eigenvalue weighted by molar-refractivity contribution is 0.240. The molecule has 1 aliphatic rings. The summed E-state index contributed by atoms with van der Waals surface area (Å²) < 4.78 is 0.554. The molecule has 0 amide bonds. The van der Waals surface area contributed by atoms with Gasteiger partial charge >= 0.3 is 0 Å². The molecule has 0 spiro atoms. The molecule has 0 bridgehead atoms. The minimum Gasteiger partial charge on any atom is -0.334 e. The van der Waals surface area contributed by atoms with Crippen LogP contribution in [0.15, 0.2) is 12.4 Å². The zero-order valence-corrected chi connectivity index (χ0v) is 11.2. The third-order valence-electron chi connectivity index (χ3n) is 3.10. The fourth-order valence-electron chi connectivity index (χ4n) is 2.17. The second-order valence-electron chi connectivity index (χ2n) is 4.35. The first-order valence-corrected chi connectivity index (χ1v) is 6.48. The molecule has 0 aromatic carbocycles. The fraction of sp³-hybridized carbons (Fsp3) is 0.364. The number of nitrogens with zero attached hydrogens (tertiary/aromatic N) is 3. The van der Waals surface area contributed by atoms with Gasteiger partial charge in [-0.2, -0.15) is 5.10 Å². The van der Waals surface area contributed by atoms with Crippen LogP contribution in [0.3, 0.4) is 0 Å². The van der Waals surface area contributed by atoms with Crippen molar-refractivity contribution in [3.8, 4) is 0 Å². The summed E-state index contributed by atoms with van der Waals surface area (Å²) in [6.07, 6.45) is 4.44. The molecule has 0 radical (unpaired) electrons. The Morgan fingerprint density at radius 1 is 1.44 bits per heavy atom. The van der Waals surface area contributed by atoms with Gasteiger partial charge in [-0.3, -0.25) is 10.00 Å². The van der Waals surface area contributed by atoms with Crippen LogP contribution < -0.4 is 0 Å². The molecule has 1 aliphatic heterocycles. The van der Waals surface area contributed by atoms with Gasteiger partial charge in [0.2, 0.25) is 0 Å². The predicted molar refractivity (Wildman–Crippen MR) is 70.8 cm³/mol. The molecule has 0 unspecified atom stereocenters. The van der Waals surface area contributed by atoms with Crippen molar-refractivity contribution < 1.29 is 0 Å². The van der Waals surface area contributed by atoms with Crippen LogP contribution in [0.5, 0.6) is 0 Å². The second kappa shape index (κ2) is 4.79. The van der Waals surface area contributed by atoms with Gasteiger partial charge in [-0.15, -0.1) is 0 Å². The number of aromatic amines is 2. The standard InChI is InChI=1S/C11H12ClN5S/c12-8-4-14-16-10(8)6-17-2-1-9-7(5-17)3-13-11(18)15-9/h3-4H,1-2,5-6H2,(H,14,16)(H,13,15,18). The summed E-state index contributed by atoms with van der Waals surface area (Å²) in [4.78, 5) is 9.58. The smallest absolute Gasteiger partial charge is 0.196 e. The van der Waals surface area contributed by atoms with Crippen LogP contribution in [0.2, 0.25) is 5.02 Å². The number of nitrogens with one attached hydrogen (secondary N) is 2. The van der Waals surface area contributed by atoms with Crippen molar-refractivity contribution in [2.45, 2.75) is 19.5 Å². The van der Waals surface area contributed by atoms with Crippen molar-refractivity contribution in [1.82, 2.24) is 25.1 Å². The van der Waals surface area contributed by atoms with Crippen molar-refractivity contribution >= 4 is 23.8 Å². The lowest BCUT2D eigenvalue weighted by atomic mass is 10.1. The van der Waals surface area contributed by atoms with E-state index in [1.165, 1.54) is 11.3 Å². The Kier molecular flexibility index (Phi) is 3.15. The molecule has 3 heterocycles. The van der Waals surface area contributed by atoms with Crippen molar-refractivity contribution in [2.24, 2.45) is 0 Å². The minimum absolute atomic E-state index is 0.554. The van der Waals surface area contributed by atoms with Gasteiger partial charge < -0.3 is 4.98 Å². The third-order valence-corrected chi connectivity index (χ3v) is 3.64. The monoisotopic (exact) mass is 281 g/mol. The maximum absolute atomic E-state index is 6.03. The molecule has 5 nitrogen and oxygen atoms in total. The van der Waals surface area contributed by atoms with Crippen LogP contribution in [0.25, 0.3) is 0 Å². The first-order chi connectivity index (χ1) is 8.72. The van der Waals surface area contributed by atoms with Crippen LogP contribution in [0, 0.1) is 4.77 Å². The Morgan fingerprint density at radius 2 is 2.33 bits per heavy atom. The first-order valence-electron chi connectivity index (χ1n) is 5.69. The normalized spacial score (nSPS) is 15.6. The van der Waals surface area contributed by atoms with Gasteiger partial charge in [-0.25, -0.2) is 4.98 Å². The van der Waals surface area contributed by atoms with Gasteiger partial charge in [-0.05, 0) is 12.2 Å². The maximum atomic E-state index is 6.03. The molecule has 94 valence electrons. The molecule has 2 aromatic heterocycles. The fourth-order valence-corrected chi connectivity index (χ4v) is 2.50. The number of fused-ring (bicyclic) bond motifs is 1. The number of halogens is 1. The van der Waals surface area contributed by atoms with Gasteiger partial charge in [0.25, 0.3) is 0 Å². The third kappa shape index (κ3) is 2.31. The number of rotatable bonds is 2. The van der Waals surface area contributed by atoms with E-state index < -0.39 is 0 Å². The van der Waals surface area contributed by atoms with Gasteiger partial charge in [-0.1, -0.05) is 11.6 Å². The maximum Gasteiger partial charge on any atom is 0.196 e. The summed E-state index contributed by atoms with van der Waals surface area (Å²) in [6.45, 7) is 2.59. The Hall–Kier alpha value is -1.24. The summed E-state index contributed by atoms with van der Waals surface area (Å²) in [5.74, 6) is 0. The quantitative estimate of drug-likeness (QED) is 0.828. The van der Waals surface area contributed by atoms with E-state index in [9.17, 15) is 0 Å². The van der Waals surface area contributed by atoms with E-state index in [2.05, 4.69) is 25.1 Å². The molecular weight excluding hydrogens is 270 g/mol. The largest absolute Gasteiger partial charge is 0.334 e. The molecule has 0 saturated heterocycles. The highest BCUT2D eigenvalue weighted by Gasteiger charge is 2.18. The molecule has 7 heteroatoms. The van der Waals surface area contributed by atoms with Gasteiger partial charge in [0.1, 0.15) is 0 Å². The van der Waals surface area contributed by atoms with Crippen LogP contribution in [0.4, 0.5) is 0 Å². The molecule has 18 heavy (non-hydrogen) atoms. The second-order valence-corrected chi connectivity index (χ2v) is 5.14. The Morgan fingerprint density at radius 3 is 3.11 bits per heavy atom. The number of H-pyrrole nitrogens is 2. The highest BCUT2D eigenvalue weighted by atomic mass is 35.5. The highest BCUT2D eigenvalue weighted by Crippen LogP contribution is 2.20. The SMILES string of the molecule is S=c1ncc2c([nH]1)CCN(Cc1[nH]ncc1Cl)C2. The van der Waals surface area contributed by atoms with Crippen LogP contribution >= 0.6 is 23.8 Å². The predicted octanol–water partition coefficient (Wildman–Crippen LogP) is 2.07. The van der Waals surface area contributed by atoms with E-state index >= 15 is 0 Å². The average Bonchev–Trinajstić information content (AvgIpc) is 2.75. The van der Waals surface area contributed by atoms with Crippen molar-refractivity contribution in [1.29, 1.82) is 0 Å². The van der Waals surface area contributed by atoms with Gasteiger partial charge in [0.15, 0.2) is 4.77 Å². The van der Waals surface area contributed by atoms with E-state index in [-0.39, 0.29) is 0 Å². The Balaban J connectivity index is 1.77. The first kappa shape index (κ1) is 11.8. The molecule has 0 atom stereocenters. The van der Waals surface area contributed by atoms with E-state index in [1.807, 2.05) is 6.20 Å². The zero-order chi connectivity index (χ0) is 12.5. The summed E-state index contributed by atoms with van der Waals surface area (Å²) in [6, 6.07) is 0. The summed E-state index contributed by atoms with van der Waals surface area (Å²) in [5, 5.41) is 7.54. The van der Waals surface area contributed by atoms with Gasteiger partial charge in [0.05, 0.1) is 16.9 Å². The topological polar surface area (TPSA) is 60.6 Å². The van der Waals surface area contributed by atoms with E-state index in [0.717, 1.165) is 31.7 Å². The van der Waals surface area contributed by atoms with Crippen LogP contribution in [-0.2, 0) is 19.5 Å². The molecule has 2 aromatic rings. The molecule has 2 N–H and O–H groups in total. The van der Waals surface area contributed by atoms with Crippen molar-refractivity contribution in [2.75, 3.05) is 6.54 Å². The van der Waals surface area contributed by atoms with Crippen LogP contribution in [0.1, 0.15) is 17.0 Å². The Labute approximate surface area is 114 Å². The van der Waals surface area contributed by atoms with E-state index in [1.54, 1.807) is 6.20 Å². The lowest BCUT2D eigenvalue weighted by Crippen LogP contribution is -2.31. The van der Waals surface area contributed by atoms with Gasteiger partial charge in [0, 0.05) is 43.5 Å². The van der Waals surface area contributed by atoms with E-state index in [4.69, 9.17) is 23.8 Å². The molecular formula is C11H12ClN5S. The Bertz CT molecular complexity index is 620. The average molecular weight is 282 g/mol. The molecule has 0 saturated carbocycles. The van der Waals surface area contributed by atoms with Crippen LogP contribution in [-0.4, -0.2) is 31.6 Å². The summed E-state index contributed by atoms with van der Waals surface area (Å²) >= 11 is 11.1. The number of hydrogen-bond acceptors (Lipinski definition) is 4. The zero-order valence-electron chi connectivity index (χ0n) is 9.61. The van der Waals surface area contributed by atoms with Crippen molar-refractivity contribution in [3.63, 3.8) is 0 Å². The number of aromatic nitrogens is 4. The minimum atomic E-state index is 0.554. The molecule has 0 fully saturated rings. The summed E-state index contributed by atoms with van der Waals surface area (Å²) in [5.41, 5.74) is 3.35. The molecule has 0 aliphatic carbocycles. The summed E-state index contributed by atoms with van der Waals surface area (Å²) in [7, 11) is 0. The van der Waals surface area contributed by atoms with E-state index in [0.29, 0.717) is 9.79 Å². The number of hydrogen-bond donors (Lipinski definition) is 2. The lowest BCUT2D eigenvalue weighted by Gasteiger charge is -2.27.